The van der Waals surface area contributed by atoms with Gasteiger partial charge in [0.1, 0.15) is 5.54 Å². The Hall–Kier alpha value is -0.340. The van der Waals surface area contributed by atoms with Gasteiger partial charge in [-0.25, -0.2) is 0 Å². The highest BCUT2D eigenvalue weighted by Crippen LogP contribution is 2.37. The van der Waals surface area contributed by atoms with Gasteiger partial charge in [0.05, 0.1) is 43.8 Å². The maximum Gasteiger partial charge on any atom is 0.303 e. The van der Waals surface area contributed by atoms with Crippen molar-refractivity contribution in [2.75, 3.05) is 31.7 Å². The van der Waals surface area contributed by atoms with Gasteiger partial charge >= 0.3 is 5.97 Å². The molecule has 1 aromatic carbocycles. The second-order valence-electron chi connectivity index (χ2n) is 7.54. The molecule has 10 nitrogen and oxygen atoms in total. The summed E-state index contributed by atoms with van der Waals surface area (Å²) in [5.74, 6) is -2.80. The molecule has 0 spiro atoms. The molecule has 0 unspecified atom stereocenters. The van der Waals surface area contributed by atoms with Crippen LogP contribution in [0.4, 0.5) is 5.69 Å². The molecule has 1 aliphatic rings. The quantitative estimate of drug-likeness (QED) is 0.217. The first-order chi connectivity index (χ1) is 15.2. The van der Waals surface area contributed by atoms with Crippen molar-refractivity contribution in [2.45, 2.75) is 32.1 Å². The number of benzene rings is 1. The average Bonchev–Trinajstić information content (AvgIpc) is 2.71. The SMILES string of the molecule is CC(=O)OCC(=O)Nc1c(I)c(C(=O)Cl)c(I)c(C(=O)NC2(CO)COC(C)(C)OC2)c1I. The van der Waals surface area contributed by atoms with Crippen molar-refractivity contribution >= 4 is 108 Å². The van der Waals surface area contributed by atoms with Crippen molar-refractivity contribution in [3.63, 3.8) is 0 Å². The Morgan fingerprint density at radius 2 is 1.61 bits per heavy atom. The van der Waals surface area contributed by atoms with E-state index in [4.69, 9.17) is 25.8 Å². The normalized spacial score (nSPS) is 16.6. The number of esters is 1. The highest BCUT2D eigenvalue weighted by molar-refractivity contribution is 14.1. The van der Waals surface area contributed by atoms with Gasteiger partial charge in [-0.2, -0.15) is 0 Å². The molecule has 1 heterocycles. The summed E-state index contributed by atoms with van der Waals surface area (Å²) < 4.78 is 16.8. The van der Waals surface area contributed by atoms with Gasteiger partial charge in [0.15, 0.2) is 12.4 Å². The number of ether oxygens (including phenoxy) is 3. The lowest BCUT2D eigenvalue weighted by molar-refractivity contribution is -0.273. The molecule has 0 aliphatic carbocycles. The predicted octanol–water partition coefficient (Wildman–Crippen LogP) is 2.62. The van der Waals surface area contributed by atoms with Crippen molar-refractivity contribution in [1.82, 2.24) is 5.32 Å². The van der Waals surface area contributed by atoms with E-state index in [9.17, 15) is 24.3 Å². The maximum absolute atomic E-state index is 13.3. The summed E-state index contributed by atoms with van der Waals surface area (Å²) in [7, 11) is 0. The van der Waals surface area contributed by atoms with Crippen molar-refractivity contribution in [3.8, 4) is 0 Å². The summed E-state index contributed by atoms with van der Waals surface area (Å²) in [6.07, 6.45) is 0. The number of amides is 2. The Kier molecular flexibility index (Phi) is 10.2. The molecular weight excluding hydrogens is 800 g/mol. The van der Waals surface area contributed by atoms with Crippen LogP contribution in [0.5, 0.6) is 0 Å². The Labute approximate surface area is 235 Å². The lowest BCUT2D eigenvalue weighted by Crippen LogP contribution is -2.63. The molecule has 3 N–H and O–H groups in total. The fraction of sp³-hybridized carbons (Fsp3) is 0.474. The number of anilines is 1. The first-order valence-electron chi connectivity index (χ1n) is 9.28. The lowest BCUT2D eigenvalue weighted by Gasteiger charge is -2.42. The monoisotopic (exact) mass is 820 g/mol. The number of hydrogen-bond acceptors (Lipinski definition) is 8. The van der Waals surface area contributed by atoms with Gasteiger partial charge < -0.3 is 30.0 Å². The number of halogens is 4. The predicted molar refractivity (Wildman–Crippen MR) is 143 cm³/mol. The van der Waals surface area contributed by atoms with Crippen LogP contribution in [0.1, 0.15) is 41.5 Å². The van der Waals surface area contributed by atoms with E-state index in [-0.39, 0.29) is 33.6 Å². The number of rotatable bonds is 7. The summed E-state index contributed by atoms with van der Waals surface area (Å²) in [4.78, 5) is 48.8. The average molecular weight is 821 g/mol. The number of hydrogen-bond donors (Lipinski definition) is 3. The Morgan fingerprint density at radius 1 is 1.06 bits per heavy atom. The van der Waals surface area contributed by atoms with Crippen LogP contribution in [-0.2, 0) is 23.8 Å². The fourth-order valence-corrected chi connectivity index (χ4v) is 7.63. The summed E-state index contributed by atoms with van der Waals surface area (Å²) in [5, 5.41) is 14.4. The zero-order valence-corrected chi connectivity index (χ0v) is 24.9. The number of carbonyl (C=O) groups is 4. The summed E-state index contributed by atoms with van der Waals surface area (Å²) >= 11 is 11.3. The van der Waals surface area contributed by atoms with Crippen LogP contribution in [0, 0.1) is 10.7 Å². The first kappa shape index (κ1) is 28.9. The van der Waals surface area contributed by atoms with Crippen LogP contribution in [0.3, 0.4) is 0 Å². The van der Waals surface area contributed by atoms with E-state index < -0.39 is 47.6 Å². The van der Waals surface area contributed by atoms with E-state index in [2.05, 4.69) is 10.6 Å². The Morgan fingerprint density at radius 3 is 2.09 bits per heavy atom. The van der Waals surface area contributed by atoms with Crippen molar-refractivity contribution in [2.24, 2.45) is 0 Å². The number of carbonyl (C=O) groups excluding carboxylic acids is 4. The third-order valence-electron chi connectivity index (χ3n) is 4.48. The first-order valence-corrected chi connectivity index (χ1v) is 12.9. The molecule has 0 atom stereocenters. The molecule has 1 aromatic rings. The fourth-order valence-electron chi connectivity index (χ4n) is 2.70. The van der Waals surface area contributed by atoms with Gasteiger partial charge in [-0.05, 0) is 93.2 Å². The van der Waals surface area contributed by atoms with Crippen LogP contribution >= 0.6 is 79.4 Å². The largest absolute Gasteiger partial charge is 0.456 e. The highest BCUT2D eigenvalue weighted by Gasteiger charge is 2.42. The molecule has 33 heavy (non-hydrogen) atoms. The number of aliphatic hydroxyl groups is 1. The van der Waals surface area contributed by atoms with Crippen LogP contribution in [0.25, 0.3) is 0 Å². The molecule has 2 rings (SSSR count). The number of aliphatic hydroxyl groups excluding tert-OH is 1. The third-order valence-corrected chi connectivity index (χ3v) is 7.91. The van der Waals surface area contributed by atoms with Gasteiger partial charge in [0, 0.05) is 10.5 Å². The second-order valence-corrected chi connectivity index (χ2v) is 11.1. The highest BCUT2D eigenvalue weighted by atomic mass is 127. The second kappa shape index (κ2) is 11.6. The molecule has 1 saturated heterocycles. The van der Waals surface area contributed by atoms with E-state index in [1.807, 2.05) is 67.8 Å². The van der Waals surface area contributed by atoms with Crippen LogP contribution in [-0.4, -0.2) is 65.9 Å². The Bertz CT molecular complexity index is 992. The van der Waals surface area contributed by atoms with E-state index in [1.54, 1.807) is 13.8 Å². The molecule has 1 fully saturated rings. The zero-order valence-electron chi connectivity index (χ0n) is 17.6. The molecule has 0 aromatic heterocycles. The van der Waals surface area contributed by atoms with E-state index in [0.717, 1.165) is 6.92 Å². The molecule has 14 heteroatoms. The molecular formula is C19H20ClI3N2O8. The zero-order chi connectivity index (χ0) is 25.1. The van der Waals surface area contributed by atoms with Gasteiger partial charge in [-0.1, -0.05) is 0 Å². The standard InChI is InChI=1S/C19H20ClI3N2O8/c1-8(27)31-4-9(28)24-15-13(22)10(16(20)29)12(21)11(14(15)23)17(30)25-19(5-26)6-32-18(2,3)33-7-19/h26H,4-7H2,1-3H3,(H,24,28)(H,25,30). The van der Waals surface area contributed by atoms with Gasteiger partial charge in [0.2, 0.25) is 0 Å². The van der Waals surface area contributed by atoms with Crippen molar-refractivity contribution in [1.29, 1.82) is 0 Å². The smallest absolute Gasteiger partial charge is 0.303 e. The van der Waals surface area contributed by atoms with Crippen LogP contribution < -0.4 is 10.6 Å². The molecule has 0 radical (unpaired) electrons. The van der Waals surface area contributed by atoms with E-state index in [1.165, 1.54) is 0 Å². The molecule has 182 valence electrons. The minimum Gasteiger partial charge on any atom is -0.456 e. The maximum atomic E-state index is 13.3. The summed E-state index contributed by atoms with van der Waals surface area (Å²) in [6, 6.07) is 0. The minimum atomic E-state index is -1.22. The lowest BCUT2D eigenvalue weighted by atomic mass is 10.00. The summed E-state index contributed by atoms with van der Waals surface area (Å²) in [6.45, 7) is 3.57. The molecule has 0 bridgehead atoms. The molecule has 1 aliphatic heterocycles. The Balaban J connectivity index is 2.47. The third kappa shape index (κ3) is 7.09. The molecule has 0 saturated carbocycles. The minimum absolute atomic E-state index is 0.00691. The van der Waals surface area contributed by atoms with Crippen molar-refractivity contribution < 1.29 is 38.5 Å². The van der Waals surface area contributed by atoms with Gasteiger partial charge in [-0.3, -0.25) is 19.2 Å². The van der Waals surface area contributed by atoms with Crippen molar-refractivity contribution in [3.05, 3.63) is 21.8 Å². The number of nitrogens with one attached hydrogen (secondary N) is 2. The van der Waals surface area contributed by atoms with Crippen LogP contribution in [0.15, 0.2) is 0 Å². The summed E-state index contributed by atoms with van der Waals surface area (Å²) in [5.41, 5.74) is -0.952. The van der Waals surface area contributed by atoms with Gasteiger partial charge in [-0.15, -0.1) is 0 Å². The van der Waals surface area contributed by atoms with Gasteiger partial charge in [0.25, 0.3) is 17.1 Å². The van der Waals surface area contributed by atoms with E-state index in [0.29, 0.717) is 7.14 Å². The van der Waals surface area contributed by atoms with E-state index >= 15 is 0 Å². The molecule has 2 amide bonds. The topological polar surface area (TPSA) is 140 Å². The van der Waals surface area contributed by atoms with Crippen LogP contribution in [0.2, 0.25) is 0 Å².